The number of nitrogens with zero attached hydrogens (tertiary/aromatic N) is 2. The van der Waals surface area contributed by atoms with Gasteiger partial charge in [0, 0.05) is 31.7 Å². The second-order valence-corrected chi connectivity index (χ2v) is 8.98. The van der Waals surface area contributed by atoms with Gasteiger partial charge in [0.05, 0.1) is 10.9 Å². The van der Waals surface area contributed by atoms with E-state index in [9.17, 15) is 18.0 Å². The summed E-state index contributed by atoms with van der Waals surface area (Å²) in [5, 5.41) is 0. The number of sulfonamides is 1. The molecule has 0 radical (unpaired) electrons. The van der Waals surface area contributed by atoms with Crippen LogP contribution < -0.4 is 5.73 Å². The van der Waals surface area contributed by atoms with Crippen LogP contribution in [0.25, 0.3) is 0 Å². The Morgan fingerprint density at radius 3 is 2.08 bits per heavy atom. The van der Waals surface area contributed by atoms with Crippen LogP contribution in [0, 0.1) is 5.92 Å². The lowest BCUT2D eigenvalue weighted by atomic mass is 10.0. The summed E-state index contributed by atoms with van der Waals surface area (Å²) in [6.07, 6.45) is 0.611. The van der Waals surface area contributed by atoms with Crippen molar-refractivity contribution in [2.24, 2.45) is 11.7 Å². The van der Waals surface area contributed by atoms with E-state index in [4.69, 9.17) is 5.73 Å². The van der Waals surface area contributed by atoms with Crippen molar-refractivity contribution in [1.29, 1.82) is 0 Å². The molecule has 0 aliphatic carbocycles. The number of carbonyl (C=O) groups excluding carboxylic acids is 2. The molecule has 8 heteroatoms. The Morgan fingerprint density at radius 2 is 1.62 bits per heavy atom. The molecule has 1 aromatic carbocycles. The average molecular weight is 381 g/mol. The van der Waals surface area contributed by atoms with E-state index in [0.717, 1.165) is 0 Å². The van der Waals surface area contributed by atoms with Crippen LogP contribution in [0.4, 0.5) is 0 Å². The van der Waals surface area contributed by atoms with Crippen molar-refractivity contribution < 1.29 is 18.0 Å². The monoisotopic (exact) mass is 381 g/mol. The van der Waals surface area contributed by atoms with Gasteiger partial charge < -0.3 is 10.6 Å². The molecule has 0 bridgehead atoms. The number of carbonyl (C=O) groups is 2. The van der Waals surface area contributed by atoms with Gasteiger partial charge >= 0.3 is 0 Å². The van der Waals surface area contributed by atoms with Gasteiger partial charge in [-0.05, 0) is 31.4 Å². The predicted molar refractivity (Wildman–Crippen MR) is 99.2 cm³/mol. The number of piperazine rings is 1. The Bertz CT molecular complexity index is 751. The van der Waals surface area contributed by atoms with Crippen molar-refractivity contribution in [3.63, 3.8) is 0 Å². The largest absolute Gasteiger partial charge is 0.339 e. The molecule has 1 aliphatic rings. The number of amides is 1. The molecule has 2 rings (SSSR count). The van der Waals surface area contributed by atoms with Gasteiger partial charge in [0.15, 0.2) is 5.78 Å². The maximum absolute atomic E-state index is 12.7. The first-order valence-electron chi connectivity index (χ1n) is 8.78. The minimum atomic E-state index is -3.64. The quantitative estimate of drug-likeness (QED) is 0.744. The average Bonchev–Trinajstić information content (AvgIpc) is 2.60. The van der Waals surface area contributed by atoms with E-state index in [1.165, 1.54) is 35.5 Å². The van der Waals surface area contributed by atoms with Gasteiger partial charge in [0.2, 0.25) is 15.9 Å². The number of benzene rings is 1. The molecule has 0 saturated carbocycles. The van der Waals surface area contributed by atoms with Gasteiger partial charge in [-0.2, -0.15) is 4.31 Å². The lowest BCUT2D eigenvalue weighted by Crippen LogP contribution is -2.54. The number of hydrogen-bond donors (Lipinski definition) is 1. The van der Waals surface area contributed by atoms with Crippen molar-refractivity contribution in [2.45, 2.75) is 38.1 Å². The topological polar surface area (TPSA) is 101 Å². The fourth-order valence-electron chi connectivity index (χ4n) is 3.00. The van der Waals surface area contributed by atoms with Crippen LogP contribution >= 0.6 is 0 Å². The summed E-state index contributed by atoms with van der Waals surface area (Å²) < 4.78 is 26.8. The number of hydrogen-bond acceptors (Lipinski definition) is 5. The van der Waals surface area contributed by atoms with Gasteiger partial charge in [-0.3, -0.25) is 9.59 Å². The SMILES string of the molecule is CC(=O)c1ccc(S(=O)(=O)N2CCN(C(=O)[C@@H](N)CC(C)C)CC2)cc1. The molecule has 1 heterocycles. The molecule has 1 saturated heterocycles. The van der Waals surface area contributed by atoms with E-state index < -0.39 is 16.1 Å². The van der Waals surface area contributed by atoms with Crippen molar-refractivity contribution in [3.05, 3.63) is 29.8 Å². The molecule has 1 aromatic rings. The van der Waals surface area contributed by atoms with Crippen LogP contribution in [0.1, 0.15) is 37.6 Å². The fourth-order valence-corrected chi connectivity index (χ4v) is 4.42. The molecule has 26 heavy (non-hydrogen) atoms. The number of Topliss-reactive ketones (excluding diaryl/α,β-unsaturated/α-hetero) is 1. The number of rotatable bonds is 6. The van der Waals surface area contributed by atoms with Crippen molar-refractivity contribution in [1.82, 2.24) is 9.21 Å². The van der Waals surface area contributed by atoms with Crippen molar-refractivity contribution in [3.8, 4) is 0 Å². The van der Waals surface area contributed by atoms with Gasteiger partial charge in [0.25, 0.3) is 0 Å². The first kappa shape index (κ1) is 20.5. The summed E-state index contributed by atoms with van der Waals surface area (Å²) in [5.74, 6) is 0.0916. The van der Waals surface area contributed by atoms with Crippen LogP contribution in [-0.2, 0) is 14.8 Å². The third-order valence-electron chi connectivity index (χ3n) is 4.49. The molecule has 0 spiro atoms. The van der Waals surface area contributed by atoms with E-state index in [0.29, 0.717) is 31.0 Å². The van der Waals surface area contributed by atoms with Gasteiger partial charge in [0.1, 0.15) is 0 Å². The molecular formula is C18H27N3O4S. The maximum Gasteiger partial charge on any atom is 0.243 e. The Balaban J connectivity index is 2.02. The van der Waals surface area contributed by atoms with Gasteiger partial charge in [-0.1, -0.05) is 26.0 Å². The fraction of sp³-hybridized carbons (Fsp3) is 0.556. The normalized spacial score (nSPS) is 17.3. The summed E-state index contributed by atoms with van der Waals surface area (Å²) in [4.78, 5) is 25.5. The van der Waals surface area contributed by atoms with Crippen LogP contribution in [0.15, 0.2) is 29.2 Å². The highest BCUT2D eigenvalue weighted by atomic mass is 32.2. The third-order valence-corrected chi connectivity index (χ3v) is 6.40. The summed E-state index contributed by atoms with van der Waals surface area (Å²) in [5.41, 5.74) is 6.42. The number of ketones is 1. The summed E-state index contributed by atoms with van der Waals surface area (Å²) >= 11 is 0. The molecule has 1 aliphatic heterocycles. The molecule has 7 nitrogen and oxygen atoms in total. The zero-order valence-electron chi connectivity index (χ0n) is 15.5. The highest BCUT2D eigenvalue weighted by molar-refractivity contribution is 7.89. The standard InChI is InChI=1S/C18H27N3O4S/c1-13(2)12-17(19)18(23)20-8-10-21(11-9-20)26(24,25)16-6-4-15(5-7-16)14(3)22/h4-7,13,17H,8-12,19H2,1-3H3/t17-/m0/s1. The minimum absolute atomic E-state index is 0.112. The molecule has 1 amide bonds. The Morgan fingerprint density at radius 1 is 1.08 bits per heavy atom. The maximum atomic E-state index is 12.7. The molecule has 0 aromatic heterocycles. The first-order valence-corrected chi connectivity index (χ1v) is 10.2. The van der Waals surface area contributed by atoms with Crippen LogP contribution in [0.2, 0.25) is 0 Å². The highest BCUT2D eigenvalue weighted by Gasteiger charge is 2.31. The molecule has 1 fully saturated rings. The predicted octanol–water partition coefficient (Wildman–Crippen LogP) is 1.10. The zero-order valence-corrected chi connectivity index (χ0v) is 16.3. The van der Waals surface area contributed by atoms with Crippen molar-refractivity contribution >= 4 is 21.7 Å². The lowest BCUT2D eigenvalue weighted by molar-refractivity contribution is -0.134. The van der Waals surface area contributed by atoms with Crippen molar-refractivity contribution in [2.75, 3.05) is 26.2 Å². The Kier molecular flexibility index (Phi) is 6.54. The molecular weight excluding hydrogens is 354 g/mol. The summed E-state index contributed by atoms with van der Waals surface area (Å²) in [7, 11) is -3.64. The number of nitrogens with two attached hydrogens (primary N) is 1. The van der Waals surface area contributed by atoms with E-state index in [1.807, 2.05) is 13.8 Å². The third kappa shape index (κ3) is 4.69. The van der Waals surface area contributed by atoms with E-state index >= 15 is 0 Å². The van der Waals surface area contributed by atoms with E-state index in [1.54, 1.807) is 4.90 Å². The highest BCUT2D eigenvalue weighted by Crippen LogP contribution is 2.19. The smallest absolute Gasteiger partial charge is 0.243 e. The summed E-state index contributed by atoms with van der Waals surface area (Å²) in [6.45, 7) is 6.58. The van der Waals surface area contributed by atoms with Crippen LogP contribution in [0.3, 0.4) is 0 Å². The van der Waals surface area contributed by atoms with Crippen LogP contribution in [0.5, 0.6) is 0 Å². The Hall–Kier alpha value is -1.77. The second kappa shape index (κ2) is 8.28. The molecule has 1 atom stereocenters. The second-order valence-electron chi connectivity index (χ2n) is 7.05. The van der Waals surface area contributed by atoms with E-state index in [2.05, 4.69) is 0 Å². The molecule has 144 valence electrons. The van der Waals surface area contributed by atoms with E-state index in [-0.39, 0.29) is 29.7 Å². The van der Waals surface area contributed by atoms with Gasteiger partial charge in [-0.15, -0.1) is 0 Å². The van der Waals surface area contributed by atoms with Gasteiger partial charge in [-0.25, -0.2) is 8.42 Å². The van der Waals surface area contributed by atoms with Crippen LogP contribution in [-0.4, -0.2) is 61.5 Å². The minimum Gasteiger partial charge on any atom is -0.339 e. The Labute approximate surface area is 155 Å². The first-order chi connectivity index (χ1) is 12.1. The summed E-state index contributed by atoms with van der Waals surface area (Å²) in [6, 6.07) is 5.38. The zero-order chi connectivity index (χ0) is 19.5. The molecule has 2 N–H and O–H groups in total. The molecule has 0 unspecified atom stereocenters. The lowest BCUT2D eigenvalue weighted by Gasteiger charge is -2.35.